The van der Waals surface area contributed by atoms with Crippen LogP contribution in [0, 0.1) is 0 Å². The topological polar surface area (TPSA) is 41.5 Å². The number of rotatable bonds is 5. The summed E-state index contributed by atoms with van der Waals surface area (Å²) in [5, 5.41) is 12.7. The summed E-state index contributed by atoms with van der Waals surface area (Å²) in [7, 11) is 0. The van der Waals surface area contributed by atoms with Crippen molar-refractivity contribution in [2.75, 3.05) is 19.8 Å². The Labute approximate surface area is 86.8 Å². The van der Waals surface area contributed by atoms with Gasteiger partial charge in [0.15, 0.2) is 0 Å². The fourth-order valence-corrected chi connectivity index (χ4v) is 2.07. The van der Waals surface area contributed by atoms with Crippen molar-refractivity contribution in [3.63, 3.8) is 0 Å². The molecule has 1 saturated heterocycles. The maximum Gasteiger partial charge on any atom is 0.0483 e. The van der Waals surface area contributed by atoms with Crippen molar-refractivity contribution < 1.29 is 9.84 Å². The molecule has 0 radical (unpaired) electrons. The van der Waals surface area contributed by atoms with Crippen LogP contribution in [0.5, 0.6) is 0 Å². The maximum absolute atomic E-state index is 9.09. The fourth-order valence-electron chi connectivity index (χ4n) is 2.07. The van der Waals surface area contributed by atoms with Crippen molar-refractivity contribution >= 4 is 0 Å². The van der Waals surface area contributed by atoms with E-state index in [1.54, 1.807) is 0 Å². The molecule has 0 amide bonds. The monoisotopic (exact) mass is 201 g/mol. The molecule has 1 heterocycles. The Morgan fingerprint density at radius 3 is 2.57 bits per heavy atom. The summed E-state index contributed by atoms with van der Waals surface area (Å²) in [5.41, 5.74) is 0.127. The zero-order chi connectivity index (χ0) is 10.4. The third-order valence-electron chi connectivity index (χ3n) is 3.21. The first-order valence-corrected chi connectivity index (χ1v) is 5.69. The van der Waals surface area contributed by atoms with Crippen LogP contribution in [0.4, 0.5) is 0 Å². The molecule has 0 aromatic carbocycles. The van der Waals surface area contributed by atoms with E-state index in [1.165, 1.54) is 0 Å². The lowest BCUT2D eigenvalue weighted by Gasteiger charge is -2.40. The largest absolute Gasteiger partial charge is 0.396 e. The van der Waals surface area contributed by atoms with E-state index in [2.05, 4.69) is 19.2 Å². The molecule has 0 spiro atoms. The van der Waals surface area contributed by atoms with Crippen molar-refractivity contribution in [2.45, 2.75) is 51.1 Å². The van der Waals surface area contributed by atoms with Crippen LogP contribution < -0.4 is 5.32 Å². The molecule has 1 aliphatic heterocycles. The second-order valence-corrected chi connectivity index (χ2v) is 4.32. The van der Waals surface area contributed by atoms with E-state index >= 15 is 0 Å². The summed E-state index contributed by atoms with van der Waals surface area (Å²) < 4.78 is 5.36. The van der Waals surface area contributed by atoms with Crippen LogP contribution in [0.2, 0.25) is 0 Å². The summed E-state index contributed by atoms with van der Waals surface area (Å²) in [4.78, 5) is 0. The molecule has 14 heavy (non-hydrogen) atoms. The van der Waals surface area contributed by atoms with E-state index < -0.39 is 0 Å². The molecular weight excluding hydrogens is 178 g/mol. The van der Waals surface area contributed by atoms with Gasteiger partial charge in [0.2, 0.25) is 0 Å². The summed E-state index contributed by atoms with van der Waals surface area (Å²) in [6, 6.07) is 0.527. The zero-order valence-corrected chi connectivity index (χ0v) is 9.38. The Morgan fingerprint density at radius 2 is 2.07 bits per heavy atom. The van der Waals surface area contributed by atoms with Gasteiger partial charge in [0.1, 0.15) is 0 Å². The number of aliphatic hydroxyl groups excluding tert-OH is 1. The molecular formula is C11H23NO2. The zero-order valence-electron chi connectivity index (χ0n) is 9.38. The average molecular weight is 201 g/mol. The van der Waals surface area contributed by atoms with Gasteiger partial charge in [-0.1, -0.05) is 6.92 Å². The highest BCUT2D eigenvalue weighted by molar-refractivity contribution is 4.91. The van der Waals surface area contributed by atoms with Gasteiger partial charge < -0.3 is 15.2 Å². The highest BCUT2D eigenvalue weighted by Gasteiger charge is 2.32. The van der Waals surface area contributed by atoms with Crippen molar-refractivity contribution in [3.8, 4) is 0 Å². The van der Waals surface area contributed by atoms with Crippen LogP contribution in [0.1, 0.15) is 39.5 Å². The van der Waals surface area contributed by atoms with E-state index in [9.17, 15) is 0 Å². The van der Waals surface area contributed by atoms with Crippen molar-refractivity contribution in [3.05, 3.63) is 0 Å². The van der Waals surface area contributed by atoms with Gasteiger partial charge in [0, 0.05) is 31.4 Å². The van der Waals surface area contributed by atoms with Crippen molar-refractivity contribution in [2.24, 2.45) is 0 Å². The van der Waals surface area contributed by atoms with Gasteiger partial charge in [-0.2, -0.15) is 0 Å². The Morgan fingerprint density at radius 1 is 1.43 bits per heavy atom. The third-order valence-corrected chi connectivity index (χ3v) is 3.21. The van der Waals surface area contributed by atoms with E-state index in [0.717, 1.165) is 38.9 Å². The molecule has 0 bridgehead atoms. The first-order chi connectivity index (χ1) is 6.72. The van der Waals surface area contributed by atoms with Gasteiger partial charge in [-0.05, 0) is 32.6 Å². The van der Waals surface area contributed by atoms with E-state index in [4.69, 9.17) is 9.84 Å². The maximum atomic E-state index is 9.09. The standard InChI is InChI=1S/C11H23NO2/c1-3-10(2)12-11(4-7-13)5-8-14-9-6-11/h10,12-13H,3-9H2,1-2H3. The average Bonchev–Trinajstić information content (AvgIpc) is 2.19. The van der Waals surface area contributed by atoms with E-state index in [1.807, 2.05) is 0 Å². The summed E-state index contributed by atoms with van der Waals surface area (Å²) >= 11 is 0. The minimum atomic E-state index is 0.127. The molecule has 1 aliphatic rings. The number of aliphatic hydroxyl groups is 1. The number of hydrogen-bond donors (Lipinski definition) is 2. The molecule has 1 atom stereocenters. The van der Waals surface area contributed by atoms with Crippen LogP contribution >= 0.6 is 0 Å². The van der Waals surface area contributed by atoms with Gasteiger partial charge in [-0.3, -0.25) is 0 Å². The second kappa shape index (κ2) is 5.69. The third kappa shape index (κ3) is 3.23. The first-order valence-electron chi connectivity index (χ1n) is 5.69. The fraction of sp³-hybridized carbons (Fsp3) is 1.00. The van der Waals surface area contributed by atoms with Crippen LogP contribution in [0.15, 0.2) is 0 Å². The highest BCUT2D eigenvalue weighted by atomic mass is 16.5. The molecule has 3 heteroatoms. The molecule has 2 N–H and O–H groups in total. The molecule has 84 valence electrons. The lowest BCUT2D eigenvalue weighted by molar-refractivity contribution is 0.0230. The molecule has 1 unspecified atom stereocenters. The highest BCUT2D eigenvalue weighted by Crippen LogP contribution is 2.25. The minimum absolute atomic E-state index is 0.127. The normalized spacial score (nSPS) is 23.4. The molecule has 1 rings (SSSR count). The summed E-state index contributed by atoms with van der Waals surface area (Å²) in [6.07, 6.45) is 4.03. The van der Waals surface area contributed by atoms with E-state index in [0.29, 0.717) is 6.04 Å². The van der Waals surface area contributed by atoms with Crippen LogP contribution in [-0.2, 0) is 4.74 Å². The Kier molecular flexibility index (Phi) is 4.85. The number of hydrogen-bond acceptors (Lipinski definition) is 3. The van der Waals surface area contributed by atoms with Crippen LogP contribution in [-0.4, -0.2) is 36.5 Å². The smallest absolute Gasteiger partial charge is 0.0483 e. The lowest BCUT2D eigenvalue weighted by Crippen LogP contribution is -2.53. The minimum Gasteiger partial charge on any atom is -0.396 e. The van der Waals surface area contributed by atoms with Gasteiger partial charge in [0.25, 0.3) is 0 Å². The second-order valence-electron chi connectivity index (χ2n) is 4.32. The number of nitrogens with one attached hydrogen (secondary N) is 1. The predicted octanol–water partition coefficient (Wildman–Crippen LogP) is 1.31. The van der Waals surface area contributed by atoms with Gasteiger partial charge in [-0.25, -0.2) is 0 Å². The number of ether oxygens (including phenoxy) is 1. The van der Waals surface area contributed by atoms with Gasteiger partial charge in [-0.15, -0.1) is 0 Å². The van der Waals surface area contributed by atoms with Crippen LogP contribution in [0.3, 0.4) is 0 Å². The first kappa shape index (κ1) is 12.0. The molecule has 1 fully saturated rings. The van der Waals surface area contributed by atoms with Crippen molar-refractivity contribution in [1.29, 1.82) is 0 Å². The SMILES string of the molecule is CCC(C)NC1(CCO)CCOCC1. The van der Waals surface area contributed by atoms with Crippen LogP contribution in [0.25, 0.3) is 0 Å². The summed E-state index contributed by atoms with van der Waals surface area (Å²) in [5.74, 6) is 0. The quantitative estimate of drug-likeness (QED) is 0.704. The van der Waals surface area contributed by atoms with E-state index in [-0.39, 0.29) is 12.1 Å². The molecule has 0 aromatic rings. The van der Waals surface area contributed by atoms with Crippen molar-refractivity contribution in [1.82, 2.24) is 5.32 Å². The predicted molar refractivity (Wildman–Crippen MR) is 57.4 cm³/mol. The van der Waals surface area contributed by atoms with Gasteiger partial charge >= 0.3 is 0 Å². The molecule has 0 saturated carbocycles. The Bertz CT molecular complexity index is 150. The Hall–Kier alpha value is -0.120. The van der Waals surface area contributed by atoms with Gasteiger partial charge in [0.05, 0.1) is 0 Å². The lowest BCUT2D eigenvalue weighted by atomic mass is 9.86. The summed E-state index contributed by atoms with van der Waals surface area (Å²) in [6.45, 7) is 6.30. The molecule has 3 nitrogen and oxygen atoms in total. The molecule has 0 aliphatic carbocycles. The molecule has 0 aromatic heterocycles. The Balaban J connectivity index is 2.50.